The molecule has 5 aromatic carbocycles. The molecular formula is C86H99F15N12O21S8. The smallest absolute Gasteiger partial charge is 0.346 e. The van der Waals surface area contributed by atoms with Gasteiger partial charge in [0.25, 0.3) is 35.5 Å². The summed E-state index contributed by atoms with van der Waals surface area (Å²) in [7, 11) is -30.1. The average Bonchev–Trinajstić information content (AvgIpc) is 0.661. The van der Waals surface area contributed by atoms with Crippen molar-refractivity contribution in [1.82, 2.24) is 35.2 Å². The third-order valence-corrected chi connectivity index (χ3v) is 39.2. The van der Waals surface area contributed by atoms with Crippen molar-refractivity contribution < 1.29 is 157 Å². The third kappa shape index (κ3) is 23.4. The highest BCUT2D eigenvalue weighted by molar-refractivity contribution is 7.94. The Labute approximate surface area is 808 Å². The number of amides is 5. The first-order valence-corrected chi connectivity index (χ1v) is 57.5. The summed E-state index contributed by atoms with van der Waals surface area (Å²) in [6.07, 6.45) is -3.18. The van der Waals surface area contributed by atoms with E-state index in [0.29, 0.717) is 67.1 Å². The molecule has 23 rings (SSSR count). The number of sulfonamides is 3. The number of carbonyl (C=O) groups is 5. The molecule has 18 aliphatic rings. The molecule has 3 saturated heterocycles. The lowest BCUT2D eigenvalue weighted by atomic mass is 9.37. The Hall–Kier alpha value is -9.52. The first kappa shape index (κ1) is 108. The van der Waals surface area contributed by atoms with Crippen molar-refractivity contribution in [2.24, 2.45) is 27.1 Å². The summed E-state index contributed by atoms with van der Waals surface area (Å²) in [5.74, 6) is -6.75. The molecule has 3 aliphatic heterocycles. The van der Waals surface area contributed by atoms with E-state index in [1.165, 1.54) is 6.07 Å². The highest BCUT2D eigenvalue weighted by Gasteiger charge is 2.77. The van der Waals surface area contributed by atoms with Crippen LogP contribution in [0.25, 0.3) is 0 Å². The number of halogens is 15. The Kier molecular flexibility index (Phi) is 27.2. The molecule has 0 atom stereocenters. The largest absolute Gasteiger partial charge is 0.416 e. The fraction of sp³-hybridized carbons (Fsp3) is 0.570. The van der Waals surface area contributed by atoms with Crippen LogP contribution in [0, 0.1) is 45.2 Å². The van der Waals surface area contributed by atoms with Gasteiger partial charge in [-0.05, 0) is 223 Å². The highest BCUT2D eigenvalue weighted by Crippen LogP contribution is 2.74. The molecule has 782 valence electrons. The molecular weight excluding hydrogens is 2080 g/mol. The van der Waals surface area contributed by atoms with Crippen LogP contribution in [0.3, 0.4) is 0 Å². The molecule has 142 heavy (non-hydrogen) atoms. The summed E-state index contributed by atoms with van der Waals surface area (Å²) in [6, 6.07) is 12.1. The van der Waals surface area contributed by atoms with Gasteiger partial charge in [-0.15, -0.1) is 6.42 Å². The maximum atomic E-state index is 13.7. The van der Waals surface area contributed by atoms with Crippen LogP contribution in [-0.2, 0) is 105 Å². The van der Waals surface area contributed by atoms with Crippen LogP contribution in [0.1, 0.15) is 211 Å². The lowest BCUT2D eigenvalue weighted by molar-refractivity contribution is -0.273. The second-order valence-electron chi connectivity index (χ2n) is 41.1. The van der Waals surface area contributed by atoms with E-state index in [1.54, 1.807) is 0 Å². The molecule has 56 heteroatoms. The average molecular weight is 2180 g/mol. The minimum atomic E-state index is -4.81. The monoisotopic (exact) mass is 2180 g/mol. The molecule has 10 bridgehead atoms. The molecule has 33 nitrogen and oxygen atoms in total. The van der Waals surface area contributed by atoms with Gasteiger partial charge in [-0.2, -0.15) is 78.1 Å². The number of hydrogen-bond acceptors (Lipinski definition) is 21. The van der Waals surface area contributed by atoms with E-state index in [1.807, 2.05) is 0 Å². The Morgan fingerprint density at radius 1 is 0.359 bits per heavy atom. The molecule has 15 aliphatic carbocycles. The SMILES string of the molecule is C#CC12CC(NC(=O)c3cc(C(F)(F)F)ccc3NS(C)(=O)=O)(C1)C2.CC(F)(F)C12CC(NC(=O)c3cc(C(F)(F)F)ccc3NS(=O)(=O)C3CCS(=O)(=O)CC3)(C1)C2.CC12CC(NC(=O)c3cc(C(F)(F)F)ccc3NS(=O)(=O)N3CCS(=O)(=O)CC3)(C1)C2.CC12CC(NC(=O)c3cc(C(F)(F)F)ccc3NS(=O)(=O)N3CCS(=O)(=O)CC3)(C1)C2.CC12CC(NC(=O)c3cc(F)ccc3NS(C)(=O)=O)(C1)C2. The van der Waals surface area contributed by atoms with E-state index in [2.05, 4.69) is 76.9 Å². The second-order valence-corrected chi connectivity index (χ2v) is 56.8. The summed E-state index contributed by atoms with van der Waals surface area (Å²) >= 11 is 0. The predicted molar refractivity (Wildman–Crippen MR) is 488 cm³/mol. The number of sulfone groups is 3. The first-order chi connectivity index (χ1) is 64.6. The molecule has 0 radical (unpaired) electrons. The molecule has 5 amide bonds. The second kappa shape index (κ2) is 35.7. The minimum Gasteiger partial charge on any atom is -0.346 e. The summed E-state index contributed by atoms with van der Waals surface area (Å²) in [4.78, 5) is 63.4. The lowest BCUT2D eigenvalue weighted by Gasteiger charge is -2.72. The molecule has 10 N–H and O–H groups in total. The van der Waals surface area contributed by atoms with E-state index in [4.69, 9.17) is 6.42 Å². The van der Waals surface area contributed by atoms with Crippen molar-refractivity contribution in [3.63, 3.8) is 0 Å². The topological polar surface area (TPSA) is 485 Å². The zero-order chi connectivity index (χ0) is 105. The van der Waals surface area contributed by atoms with Gasteiger partial charge in [-0.3, -0.25) is 47.6 Å². The molecule has 15 saturated carbocycles. The number of nitrogens with zero attached hydrogens (tertiary/aromatic N) is 2. The van der Waals surface area contributed by atoms with Crippen LogP contribution in [0.2, 0.25) is 0 Å². The van der Waals surface area contributed by atoms with Crippen LogP contribution in [-0.4, -0.2) is 218 Å². The van der Waals surface area contributed by atoms with Crippen molar-refractivity contribution >= 4 is 138 Å². The van der Waals surface area contributed by atoms with Crippen molar-refractivity contribution in [2.75, 3.05) is 96.8 Å². The molecule has 0 unspecified atom stereocenters. The van der Waals surface area contributed by atoms with Crippen LogP contribution >= 0.6 is 0 Å². The van der Waals surface area contributed by atoms with Gasteiger partial charge >= 0.3 is 45.1 Å². The first-order valence-electron chi connectivity index (χ1n) is 43.9. The summed E-state index contributed by atoms with van der Waals surface area (Å²) in [5.41, 5.74) is -10.6. The van der Waals surface area contributed by atoms with Crippen molar-refractivity contribution in [3.8, 4) is 12.3 Å². The molecule has 0 spiro atoms. The van der Waals surface area contributed by atoms with Gasteiger partial charge in [0.15, 0.2) is 19.7 Å². The van der Waals surface area contributed by atoms with Gasteiger partial charge in [0, 0.05) is 64.7 Å². The number of benzene rings is 5. The fourth-order valence-electron chi connectivity index (χ4n) is 22.2. The molecule has 5 aromatic rings. The van der Waals surface area contributed by atoms with Gasteiger partial charge in [0.1, 0.15) is 15.7 Å². The van der Waals surface area contributed by atoms with Gasteiger partial charge in [-0.1, -0.05) is 26.7 Å². The van der Waals surface area contributed by atoms with Crippen LogP contribution in [0.5, 0.6) is 0 Å². The zero-order valence-corrected chi connectivity index (χ0v) is 82.8. The normalized spacial score (nSPS) is 29.4. The van der Waals surface area contributed by atoms with E-state index >= 15 is 0 Å². The van der Waals surface area contributed by atoms with E-state index < -0.39 is 223 Å². The summed E-state index contributed by atoms with van der Waals surface area (Å²) in [6.45, 7) is 5.97. The number of rotatable bonds is 24. The van der Waals surface area contributed by atoms with Gasteiger partial charge in [0.2, 0.25) is 30.1 Å². The standard InChI is InChI=1S/C20H23F5N2O5S2.2C18H22F3N3O5S2.C16H15F3N2O3S.C14H17FN2O3S/c1-17(21,22)18-9-19(10-18,11-18)26-16(28)14-8-12(20(23,24)25)2-3-15(14)27-34(31,32)13-4-6-33(29,30)7-5-13;2*1-16-9-17(10-16,11-16)22-15(25)13-8-12(18(19,20)21)2-3-14(13)23-31(28,29)24-4-6-30(26,27)7-5-24;1-3-14-7-15(8-14,9-14)20-13(22)11-6-10(16(17,18)19)4-5-12(11)21-25(2,23)24;1-13-6-14(7-13,8-13)16-12(18)10-5-9(15)3-4-11(10)17-21(2,19)20/h2-3,8,13,27H,4-7,9-11H2,1H3,(H,26,28);2*2-3,8,23H,4-7,9-11H2,1H3,(H,22,25);1,4-6,21H,7-9H2,2H3,(H,20,22);3-5,17H,6-8H2,1-2H3,(H,16,18). The summed E-state index contributed by atoms with van der Waals surface area (Å²) in [5, 5.41) is 12.6. The third-order valence-electron chi connectivity index (χ3n) is 28.2. The van der Waals surface area contributed by atoms with Gasteiger partial charge < -0.3 is 26.6 Å². The zero-order valence-electron chi connectivity index (χ0n) is 76.3. The number of carbonyl (C=O) groups excluding carboxylic acids is 5. The van der Waals surface area contributed by atoms with Crippen molar-refractivity contribution in [3.05, 3.63) is 147 Å². The van der Waals surface area contributed by atoms with Crippen LogP contribution in [0.15, 0.2) is 91.0 Å². The summed E-state index contributed by atoms with van der Waals surface area (Å²) < 4.78 is 402. The van der Waals surface area contributed by atoms with E-state index in [-0.39, 0.29) is 148 Å². The van der Waals surface area contributed by atoms with Gasteiger partial charge in [0.05, 0.1) is 131 Å². The highest BCUT2D eigenvalue weighted by atomic mass is 32.2. The van der Waals surface area contributed by atoms with Gasteiger partial charge in [-0.25, -0.2) is 63.7 Å². The van der Waals surface area contributed by atoms with Crippen LogP contribution < -0.4 is 50.2 Å². The Morgan fingerprint density at radius 2 is 0.599 bits per heavy atom. The number of terminal acetylenes is 1. The van der Waals surface area contributed by atoms with Crippen molar-refractivity contribution in [1.29, 1.82) is 0 Å². The molecule has 0 aromatic heterocycles. The number of nitrogens with one attached hydrogen (secondary N) is 10. The molecule has 18 fully saturated rings. The quantitative estimate of drug-likeness (QED) is 0.0203. The van der Waals surface area contributed by atoms with Crippen molar-refractivity contribution in [2.45, 2.75) is 200 Å². The van der Waals surface area contributed by atoms with E-state index in [0.717, 1.165) is 128 Å². The number of hydrogen-bond donors (Lipinski definition) is 10. The maximum absolute atomic E-state index is 13.7. The number of alkyl halides is 14. The Morgan fingerprint density at radius 3 is 0.852 bits per heavy atom. The Balaban J connectivity index is 0.000000142. The van der Waals surface area contributed by atoms with Crippen LogP contribution in [0.4, 0.5) is 94.3 Å². The Bertz CT molecular complexity index is 6760. The predicted octanol–water partition coefficient (Wildman–Crippen LogP) is 11.1. The number of anilines is 5. The lowest BCUT2D eigenvalue weighted by Crippen LogP contribution is -2.79. The fourth-order valence-corrected chi connectivity index (χ4v) is 32.0. The van der Waals surface area contributed by atoms with E-state index in [9.17, 15) is 157 Å². The molecule has 3 heterocycles. The minimum absolute atomic E-state index is 0.00954. The maximum Gasteiger partial charge on any atom is 0.416 e.